The van der Waals surface area contributed by atoms with E-state index in [0.717, 1.165) is 18.2 Å². The Morgan fingerprint density at radius 1 is 1.12 bits per heavy atom. The Morgan fingerprint density at radius 2 is 1.67 bits per heavy atom. The van der Waals surface area contributed by atoms with Gasteiger partial charge in [-0.2, -0.15) is 13.2 Å². The van der Waals surface area contributed by atoms with Crippen LogP contribution in [-0.4, -0.2) is 12.1 Å². The first-order chi connectivity index (χ1) is 11.0. The number of carbonyl (C=O) groups excluding carboxylic acids is 1. The van der Waals surface area contributed by atoms with Crippen LogP contribution in [0, 0.1) is 0 Å². The summed E-state index contributed by atoms with van der Waals surface area (Å²) in [5, 5.41) is 9.52. The minimum atomic E-state index is -5.19. The highest BCUT2D eigenvalue weighted by atomic mass is 32.2. The van der Waals surface area contributed by atoms with Gasteiger partial charge in [0.1, 0.15) is 5.97 Å². The van der Waals surface area contributed by atoms with E-state index in [1.165, 1.54) is 0 Å². The number of aryl methyl sites for hydroxylation is 1. The standard InChI is InChI=1S/C13H14F3S.C2HF3O2/c1-2-3-7-11-9-10-6-4-5-8-12(10)17(11)13(14,15)16;3-2(4,5)1(6)7/h4-6,8-9H,2-3,7H2,1H3;(H,6,7)/q+1;/p-1. The molecule has 1 atom stereocenters. The van der Waals surface area contributed by atoms with E-state index in [4.69, 9.17) is 9.90 Å². The Hall–Kier alpha value is -1.77. The van der Waals surface area contributed by atoms with Crippen molar-refractivity contribution in [2.24, 2.45) is 0 Å². The van der Waals surface area contributed by atoms with Crippen molar-refractivity contribution in [2.75, 3.05) is 0 Å². The molecule has 0 amide bonds. The summed E-state index contributed by atoms with van der Waals surface area (Å²) >= 11 is 0. The predicted molar refractivity (Wildman–Crippen MR) is 77.4 cm³/mol. The summed E-state index contributed by atoms with van der Waals surface area (Å²) in [6, 6.07) is 8.56. The molecule has 0 aliphatic rings. The number of rotatable bonds is 3. The number of carboxylic acid groups (broad SMARTS) is 1. The van der Waals surface area contributed by atoms with Crippen LogP contribution in [0.15, 0.2) is 30.3 Å². The molecule has 0 N–H and O–H groups in total. The number of halogens is 6. The van der Waals surface area contributed by atoms with Crippen molar-refractivity contribution in [2.45, 2.75) is 37.9 Å². The van der Waals surface area contributed by atoms with Gasteiger partial charge in [-0.25, -0.2) is 0 Å². The lowest BCUT2D eigenvalue weighted by Crippen LogP contribution is -2.37. The second-order valence-corrected chi connectivity index (χ2v) is 6.83. The van der Waals surface area contributed by atoms with Gasteiger partial charge in [-0.1, -0.05) is 25.5 Å². The second kappa shape index (κ2) is 7.87. The molecule has 0 bridgehead atoms. The number of thiophene rings is 1. The molecule has 0 radical (unpaired) electrons. The van der Waals surface area contributed by atoms with Crippen LogP contribution in [0.4, 0.5) is 26.3 Å². The third-order valence-corrected chi connectivity index (χ3v) is 5.08. The molecule has 2 aromatic rings. The van der Waals surface area contributed by atoms with Gasteiger partial charge >= 0.3 is 11.7 Å². The first-order valence-electron chi connectivity index (χ1n) is 6.87. The fraction of sp³-hybridized carbons (Fsp3) is 0.400. The van der Waals surface area contributed by atoms with Gasteiger partial charge in [-0.05, 0) is 18.6 Å². The molecule has 1 aromatic carbocycles. The van der Waals surface area contributed by atoms with Gasteiger partial charge in [0, 0.05) is 17.9 Å². The number of alkyl halides is 6. The van der Waals surface area contributed by atoms with Crippen LogP contribution in [-0.2, 0) is 16.7 Å². The van der Waals surface area contributed by atoms with Crippen molar-refractivity contribution >= 4 is 26.5 Å². The maximum Gasteiger partial charge on any atom is 0.600 e. The molecule has 0 aliphatic carbocycles. The Balaban J connectivity index is 0.000000351. The lowest BCUT2D eigenvalue weighted by Gasteiger charge is -2.03. The van der Waals surface area contributed by atoms with Crippen molar-refractivity contribution in [3.63, 3.8) is 0 Å². The minimum absolute atomic E-state index is 0.436. The maximum atomic E-state index is 13.1. The van der Waals surface area contributed by atoms with E-state index in [1.54, 1.807) is 30.3 Å². The number of aliphatic carboxylic acids is 1. The van der Waals surface area contributed by atoms with Crippen LogP contribution in [0.2, 0.25) is 0 Å². The van der Waals surface area contributed by atoms with E-state index in [9.17, 15) is 26.3 Å². The van der Waals surface area contributed by atoms with E-state index >= 15 is 0 Å². The Bertz CT molecular complexity index is 687. The monoisotopic (exact) mass is 372 g/mol. The summed E-state index contributed by atoms with van der Waals surface area (Å²) in [6.07, 6.45) is -2.91. The topological polar surface area (TPSA) is 40.1 Å². The van der Waals surface area contributed by atoms with Gasteiger partial charge < -0.3 is 9.90 Å². The van der Waals surface area contributed by atoms with Crippen molar-refractivity contribution < 1.29 is 36.2 Å². The average molecular weight is 372 g/mol. The molecule has 1 heterocycles. The predicted octanol–water partition coefficient (Wildman–Crippen LogP) is 4.71. The molecule has 2 nitrogen and oxygen atoms in total. The molecule has 24 heavy (non-hydrogen) atoms. The lowest BCUT2D eigenvalue weighted by atomic mass is 10.2. The molecular formula is C15H14F6O2S. The van der Waals surface area contributed by atoms with Crippen LogP contribution in [0.3, 0.4) is 0 Å². The van der Waals surface area contributed by atoms with E-state index in [2.05, 4.69) is 0 Å². The zero-order valence-corrected chi connectivity index (χ0v) is 13.3. The average Bonchev–Trinajstić information content (AvgIpc) is 2.82. The van der Waals surface area contributed by atoms with Crippen molar-refractivity contribution in [1.29, 1.82) is 0 Å². The molecule has 1 aromatic heterocycles. The molecule has 0 saturated carbocycles. The molecule has 0 fully saturated rings. The van der Waals surface area contributed by atoms with Crippen molar-refractivity contribution in [3.8, 4) is 0 Å². The van der Waals surface area contributed by atoms with Crippen molar-refractivity contribution in [1.82, 2.24) is 0 Å². The van der Waals surface area contributed by atoms with Gasteiger partial charge in [-0.3, -0.25) is 0 Å². The first-order valence-corrected chi connectivity index (χ1v) is 8.09. The van der Waals surface area contributed by atoms with Gasteiger partial charge in [-0.15, -0.1) is 13.2 Å². The Labute approximate surface area is 136 Å². The quantitative estimate of drug-likeness (QED) is 0.578. The zero-order chi connectivity index (χ0) is 18.5. The number of fused-ring (bicyclic) bond motifs is 1. The maximum absolute atomic E-state index is 13.1. The second-order valence-electron chi connectivity index (χ2n) is 4.79. The molecule has 2 rings (SSSR count). The van der Waals surface area contributed by atoms with Gasteiger partial charge in [0.05, 0.1) is 10.5 Å². The van der Waals surface area contributed by atoms with Crippen LogP contribution in [0.1, 0.15) is 24.6 Å². The molecular weight excluding hydrogens is 358 g/mol. The number of hydrogen-bond acceptors (Lipinski definition) is 2. The number of benzene rings is 1. The van der Waals surface area contributed by atoms with E-state index in [-0.39, 0.29) is 0 Å². The smallest absolute Gasteiger partial charge is 0.542 e. The van der Waals surface area contributed by atoms with E-state index in [1.807, 2.05) is 6.92 Å². The van der Waals surface area contributed by atoms with Gasteiger partial charge in [0.25, 0.3) is 0 Å². The highest BCUT2D eigenvalue weighted by molar-refractivity contribution is 7.38. The number of carboxylic acids is 1. The summed E-state index contributed by atoms with van der Waals surface area (Å²) in [5.41, 5.74) is -4.15. The summed E-state index contributed by atoms with van der Waals surface area (Å²) < 4.78 is 71.2. The van der Waals surface area contributed by atoms with E-state index < -0.39 is 28.1 Å². The fourth-order valence-electron chi connectivity index (χ4n) is 1.96. The van der Waals surface area contributed by atoms with Gasteiger partial charge in [0.2, 0.25) is 0 Å². The van der Waals surface area contributed by atoms with Crippen LogP contribution < -0.4 is 5.11 Å². The first kappa shape index (κ1) is 20.3. The molecule has 0 saturated heterocycles. The van der Waals surface area contributed by atoms with Crippen LogP contribution >= 0.6 is 10.5 Å². The Morgan fingerprint density at radius 3 is 2.12 bits per heavy atom. The number of carbonyl (C=O) groups is 1. The summed E-state index contributed by atoms with van der Waals surface area (Å²) in [7, 11) is -1.70. The van der Waals surface area contributed by atoms with E-state index in [0.29, 0.717) is 16.0 Å². The zero-order valence-electron chi connectivity index (χ0n) is 12.5. The Kier molecular flexibility index (Phi) is 6.65. The molecule has 1 unspecified atom stereocenters. The number of hydrogen-bond donors (Lipinski definition) is 0. The molecule has 9 heteroatoms. The third kappa shape index (κ3) is 5.40. The third-order valence-electron chi connectivity index (χ3n) is 2.96. The molecule has 0 spiro atoms. The minimum Gasteiger partial charge on any atom is -0.542 e. The highest BCUT2D eigenvalue weighted by Crippen LogP contribution is 2.51. The SMILES string of the molecule is CCCCc1cc2ccccc2[s+]1C(F)(F)F.O=C([O-])C(F)(F)F. The molecule has 0 aliphatic heterocycles. The normalized spacial score (nSPS) is 12.7. The van der Waals surface area contributed by atoms with Crippen molar-refractivity contribution in [3.05, 3.63) is 35.2 Å². The lowest BCUT2D eigenvalue weighted by molar-refractivity contribution is -0.344. The summed E-state index contributed by atoms with van der Waals surface area (Å²) in [4.78, 5) is 9.33. The largest absolute Gasteiger partial charge is 0.600 e. The summed E-state index contributed by atoms with van der Waals surface area (Å²) in [6.45, 7) is 1.99. The summed E-state index contributed by atoms with van der Waals surface area (Å²) in [5.74, 6) is -3.01. The van der Waals surface area contributed by atoms with Crippen LogP contribution in [0.25, 0.3) is 10.1 Å². The van der Waals surface area contributed by atoms with Gasteiger partial charge in [0.15, 0.2) is 9.58 Å². The fourth-order valence-corrected chi connectivity index (χ4v) is 3.96. The van der Waals surface area contributed by atoms with Crippen LogP contribution in [0.5, 0.6) is 0 Å². The number of unbranched alkanes of at least 4 members (excludes halogenated alkanes) is 1. The molecule has 134 valence electrons. The highest BCUT2D eigenvalue weighted by Gasteiger charge is 2.47.